The van der Waals surface area contributed by atoms with Crippen molar-refractivity contribution < 1.29 is 23.8 Å². The molecule has 3 fully saturated rings. The SMILES string of the molecule is CCOc1cc(C2c3sc(=S)[nH]c3SC3C4CC(C5C(=O)N(c6ccc(F)cc6)C(=O)C45)C23)ccc1O. The molecule has 2 bridgehead atoms. The molecule has 3 aromatic rings. The van der Waals surface area contributed by atoms with E-state index in [1.807, 2.05) is 19.1 Å². The highest BCUT2D eigenvalue weighted by atomic mass is 32.2. The van der Waals surface area contributed by atoms with Crippen LogP contribution in [0.3, 0.4) is 0 Å². The lowest BCUT2D eigenvalue weighted by Crippen LogP contribution is -2.42. The molecule has 2 aliphatic carbocycles. The number of fused-ring (bicyclic) bond motifs is 9. The molecule has 2 aromatic carbocycles. The maximum atomic E-state index is 13.8. The second kappa shape index (κ2) is 8.41. The minimum Gasteiger partial charge on any atom is -0.504 e. The Hall–Kier alpha value is -2.69. The van der Waals surface area contributed by atoms with Crippen LogP contribution < -0.4 is 9.64 Å². The number of nitrogens with one attached hydrogen (secondary N) is 1. The summed E-state index contributed by atoms with van der Waals surface area (Å²) in [7, 11) is 0. The number of thioether (sulfide) groups is 1. The fraction of sp³-hybridized carbons (Fsp3) is 0.370. The zero-order valence-corrected chi connectivity index (χ0v) is 22.2. The van der Waals surface area contributed by atoms with E-state index in [1.165, 1.54) is 29.2 Å². The van der Waals surface area contributed by atoms with Crippen LogP contribution in [0.25, 0.3) is 0 Å². The zero-order chi connectivity index (χ0) is 25.6. The predicted molar refractivity (Wildman–Crippen MR) is 141 cm³/mol. The van der Waals surface area contributed by atoms with Crippen molar-refractivity contribution in [2.45, 2.75) is 29.5 Å². The summed E-state index contributed by atoms with van der Waals surface area (Å²) < 4.78 is 19.9. The van der Waals surface area contributed by atoms with E-state index in [9.17, 15) is 19.1 Å². The maximum absolute atomic E-state index is 13.8. The molecule has 3 heterocycles. The van der Waals surface area contributed by atoms with Crippen molar-refractivity contribution in [2.75, 3.05) is 11.5 Å². The molecule has 2 amide bonds. The topological polar surface area (TPSA) is 82.6 Å². The molecule has 1 aromatic heterocycles. The number of thiazole rings is 1. The first-order valence-corrected chi connectivity index (χ1v) is 14.5. The first kappa shape index (κ1) is 23.4. The fourth-order valence-corrected chi connectivity index (χ4v) is 10.6. The highest BCUT2D eigenvalue weighted by molar-refractivity contribution is 8.00. The zero-order valence-electron chi connectivity index (χ0n) is 19.7. The van der Waals surface area contributed by atoms with Crippen LogP contribution in [0, 0.1) is 39.4 Å². The quantitative estimate of drug-likeness (QED) is 0.317. The first-order chi connectivity index (χ1) is 17.9. The molecule has 0 radical (unpaired) electrons. The minimum absolute atomic E-state index is 0.0299. The molecule has 6 nitrogen and oxygen atoms in total. The van der Waals surface area contributed by atoms with Gasteiger partial charge in [0.25, 0.3) is 0 Å². The number of aromatic amines is 1. The number of aromatic hydroxyl groups is 1. The summed E-state index contributed by atoms with van der Waals surface area (Å²) in [5, 5.41) is 11.5. The Kier molecular flexibility index (Phi) is 5.32. The number of H-pyrrole nitrogens is 1. The van der Waals surface area contributed by atoms with Crippen molar-refractivity contribution in [1.82, 2.24) is 4.98 Å². The molecule has 7 atom stereocenters. The van der Waals surface area contributed by atoms with E-state index in [0.717, 1.165) is 21.9 Å². The van der Waals surface area contributed by atoms with E-state index >= 15 is 0 Å². The standard InChI is InChI=1S/C27H23FN2O4S3/c1-2-34-17-9-11(3-8-16(17)31)18-19-14-10-15(22(19)36-24-23(18)37-27(35)29-24)21-20(14)25(32)30(26(21)33)13-6-4-12(28)5-7-13/h3-9,14-15,18-22,31H,2,10H2,1H3,(H,29,35). The third-order valence-corrected chi connectivity index (χ3v) is 11.4. The number of imide groups is 1. The molecule has 7 rings (SSSR count). The van der Waals surface area contributed by atoms with Crippen molar-refractivity contribution in [3.63, 3.8) is 0 Å². The van der Waals surface area contributed by atoms with Gasteiger partial charge in [-0.1, -0.05) is 6.07 Å². The number of carbonyl (C=O) groups is 2. The number of carbonyl (C=O) groups excluding carboxylic acids is 2. The third kappa shape index (κ3) is 3.31. The summed E-state index contributed by atoms with van der Waals surface area (Å²) >= 11 is 8.83. The number of amides is 2. The highest BCUT2D eigenvalue weighted by Crippen LogP contribution is 2.69. The lowest BCUT2D eigenvalue weighted by atomic mass is 9.68. The van der Waals surface area contributed by atoms with Gasteiger partial charge in [0, 0.05) is 16.0 Å². The van der Waals surface area contributed by atoms with Gasteiger partial charge in [0.1, 0.15) is 5.82 Å². The number of hydrogen-bond acceptors (Lipinski definition) is 7. The number of nitrogens with zero attached hydrogens (tertiary/aromatic N) is 1. The van der Waals surface area contributed by atoms with Crippen LogP contribution >= 0.6 is 35.3 Å². The number of anilines is 1. The van der Waals surface area contributed by atoms with Gasteiger partial charge in [-0.2, -0.15) is 0 Å². The third-order valence-electron chi connectivity index (χ3n) is 8.45. The van der Waals surface area contributed by atoms with Gasteiger partial charge in [-0.15, -0.1) is 23.1 Å². The molecule has 2 aliphatic heterocycles. The smallest absolute Gasteiger partial charge is 0.238 e. The lowest BCUT2D eigenvalue weighted by molar-refractivity contribution is -0.123. The monoisotopic (exact) mass is 554 g/mol. The van der Waals surface area contributed by atoms with Gasteiger partial charge in [-0.3, -0.25) is 14.5 Å². The molecule has 2 saturated carbocycles. The van der Waals surface area contributed by atoms with E-state index in [2.05, 4.69) is 4.98 Å². The number of aromatic nitrogens is 1. The van der Waals surface area contributed by atoms with Crippen molar-refractivity contribution in [2.24, 2.45) is 29.6 Å². The van der Waals surface area contributed by atoms with Crippen molar-refractivity contribution in [3.8, 4) is 11.5 Å². The van der Waals surface area contributed by atoms with Crippen LogP contribution in [0.15, 0.2) is 47.5 Å². The predicted octanol–water partition coefficient (Wildman–Crippen LogP) is 5.73. The summed E-state index contributed by atoms with van der Waals surface area (Å²) in [5.41, 5.74) is 1.44. The number of benzene rings is 2. The van der Waals surface area contributed by atoms with E-state index in [4.69, 9.17) is 17.0 Å². The number of rotatable bonds is 4. The van der Waals surface area contributed by atoms with Gasteiger partial charge >= 0.3 is 0 Å². The average Bonchev–Trinajstić information content (AvgIpc) is 3.60. The molecule has 0 spiro atoms. The van der Waals surface area contributed by atoms with Crippen LogP contribution in [0.1, 0.15) is 29.7 Å². The second-order valence-electron chi connectivity index (χ2n) is 10.1. The molecule has 7 unspecified atom stereocenters. The Morgan fingerprint density at radius 1 is 1.14 bits per heavy atom. The Labute approximate surface area is 225 Å². The van der Waals surface area contributed by atoms with Gasteiger partial charge in [0.05, 0.1) is 29.2 Å². The number of hydrogen-bond donors (Lipinski definition) is 2. The number of phenols is 1. The van der Waals surface area contributed by atoms with Crippen LogP contribution in [0.5, 0.6) is 11.5 Å². The van der Waals surface area contributed by atoms with E-state index in [-0.39, 0.29) is 58.3 Å². The Morgan fingerprint density at radius 3 is 2.59 bits per heavy atom. The number of phenolic OH excluding ortho intramolecular Hbond substituents is 1. The van der Waals surface area contributed by atoms with Crippen molar-refractivity contribution >= 4 is 52.8 Å². The van der Waals surface area contributed by atoms with Crippen LogP contribution in [0.2, 0.25) is 0 Å². The fourth-order valence-electron chi connectivity index (χ4n) is 7.23. The van der Waals surface area contributed by atoms with Crippen LogP contribution in [-0.4, -0.2) is 33.8 Å². The minimum atomic E-state index is -0.405. The summed E-state index contributed by atoms with van der Waals surface area (Å²) in [5.74, 6) is -0.770. The number of ether oxygens (including phenoxy) is 1. The molecule has 190 valence electrons. The van der Waals surface area contributed by atoms with Crippen molar-refractivity contribution in [3.05, 3.63) is 62.7 Å². The van der Waals surface area contributed by atoms with E-state index < -0.39 is 5.82 Å². The Balaban J connectivity index is 1.32. The van der Waals surface area contributed by atoms with Crippen LogP contribution in [-0.2, 0) is 9.59 Å². The first-order valence-electron chi connectivity index (χ1n) is 12.4. The number of halogens is 1. The van der Waals surface area contributed by atoms with Gasteiger partial charge in [-0.25, -0.2) is 4.39 Å². The van der Waals surface area contributed by atoms with Gasteiger partial charge in [0.2, 0.25) is 11.8 Å². The molecule has 2 N–H and O–H groups in total. The largest absolute Gasteiger partial charge is 0.504 e. The van der Waals surface area contributed by atoms with E-state index in [1.54, 1.807) is 29.2 Å². The molecule has 10 heteroatoms. The summed E-state index contributed by atoms with van der Waals surface area (Å²) in [6, 6.07) is 11.1. The maximum Gasteiger partial charge on any atom is 0.238 e. The average molecular weight is 555 g/mol. The van der Waals surface area contributed by atoms with E-state index in [0.29, 0.717) is 22.0 Å². The molecule has 4 aliphatic rings. The summed E-state index contributed by atoms with van der Waals surface area (Å²) in [6.45, 7) is 2.31. The van der Waals surface area contributed by atoms with Crippen LogP contribution in [0.4, 0.5) is 10.1 Å². The van der Waals surface area contributed by atoms with Gasteiger partial charge < -0.3 is 14.8 Å². The van der Waals surface area contributed by atoms with Crippen molar-refractivity contribution in [1.29, 1.82) is 0 Å². The summed E-state index contributed by atoms with van der Waals surface area (Å²) in [4.78, 5) is 33.2. The lowest BCUT2D eigenvalue weighted by Gasteiger charge is -2.43. The normalized spacial score (nSPS) is 31.4. The highest BCUT2D eigenvalue weighted by Gasteiger charge is 2.69. The molecule has 1 saturated heterocycles. The molecular formula is C27H23FN2O4S3. The Morgan fingerprint density at radius 2 is 1.86 bits per heavy atom. The van der Waals surface area contributed by atoms with Gasteiger partial charge in [0.15, 0.2) is 15.5 Å². The molecule has 37 heavy (non-hydrogen) atoms. The Bertz CT molecular complexity index is 1500. The van der Waals surface area contributed by atoms with Gasteiger partial charge in [-0.05, 0) is 85.3 Å². The molecular weight excluding hydrogens is 532 g/mol. The second-order valence-corrected chi connectivity index (χ2v) is 13.0. The summed E-state index contributed by atoms with van der Waals surface area (Å²) in [6.07, 6.45) is 0.828.